The Hall–Kier alpha value is -1.91. The molecule has 1 aliphatic heterocycles. The van der Waals surface area contributed by atoms with Crippen molar-refractivity contribution < 1.29 is 4.79 Å². The molecule has 1 aromatic heterocycles. The number of rotatable bonds is 2. The maximum absolute atomic E-state index is 12.7. The lowest BCUT2D eigenvalue weighted by atomic mass is 9.93. The Morgan fingerprint density at radius 2 is 2.24 bits per heavy atom. The molecule has 1 amide bonds. The van der Waals surface area contributed by atoms with Crippen LogP contribution in [0.4, 0.5) is 0 Å². The number of aromatic nitrogens is 2. The number of H-pyrrole nitrogens is 1. The van der Waals surface area contributed by atoms with Gasteiger partial charge in [0.25, 0.3) is 5.56 Å². The van der Waals surface area contributed by atoms with Crippen LogP contribution in [-0.2, 0) is 4.79 Å². The summed E-state index contributed by atoms with van der Waals surface area (Å²) in [6.07, 6.45) is 8.83. The zero-order valence-corrected chi connectivity index (χ0v) is 12.3. The monoisotopic (exact) mass is 287 g/mol. The van der Waals surface area contributed by atoms with Gasteiger partial charge >= 0.3 is 0 Å². The molecule has 1 N–H and O–H groups in total. The molecule has 112 valence electrons. The first-order valence-electron chi connectivity index (χ1n) is 7.68. The summed E-state index contributed by atoms with van der Waals surface area (Å²) in [6.45, 7) is 2.58. The highest BCUT2D eigenvalue weighted by atomic mass is 16.2. The highest BCUT2D eigenvalue weighted by Gasteiger charge is 2.35. The Bertz CT molecular complexity index is 620. The SMILES string of the molecule is Cc1cc(=O)[nH]c(C2CCCN2C(=O)C2CC=CCC2)n1. The van der Waals surface area contributed by atoms with Crippen LogP contribution in [0.5, 0.6) is 0 Å². The van der Waals surface area contributed by atoms with Gasteiger partial charge in [0.2, 0.25) is 5.91 Å². The van der Waals surface area contributed by atoms with E-state index in [9.17, 15) is 9.59 Å². The number of hydrogen-bond acceptors (Lipinski definition) is 3. The maximum Gasteiger partial charge on any atom is 0.251 e. The molecule has 5 nitrogen and oxygen atoms in total. The van der Waals surface area contributed by atoms with Crippen molar-refractivity contribution in [2.75, 3.05) is 6.54 Å². The Kier molecular flexibility index (Phi) is 3.90. The summed E-state index contributed by atoms with van der Waals surface area (Å²) in [4.78, 5) is 33.5. The Balaban J connectivity index is 1.83. The van der Waals surface area contributed by atoms with Crippen LogP contribution in [0, 0.1) is 12.8 Å². The fraction of sp³-hybridized carbons (Fsp3) is 0.562. The average molecular weight is 287 g/mol. The quantitative estimate of drug-likeness (QED) is 0.847. The summed E-state index contributed by atoms with van der Waals surface area (Å²) in [5.74, 6) is 0.940. The molecule has 1 fully saturated rings. The van der Waals surface area contributed by atoms with E-state index in [4.69, 9.17) is 0 Å². The van der Waals surface area contributed by atoms with E-state index in [0.717, 1.165) is 38.6 Å². The molecule has 2 heterocycles. The molecule has 0 spiro atoms. The summed E-state index contributed by atoms with van der Waals surface area (Å²) >= 11 is 0. The van der Waals surface area contributed by atoms with Crippen molar-refractivity contribution in [3.8, 4) is 0 Å². The second-order valence-electron chi connectivity index (χ2n) is 5.94. The minimum atomic E-state index is -0.141. The molecule has 5 heteroatoms. The van der Waals surface area contributed by atoms with Gasteiger partial charge in [0.1, 0.15) is 5.82 Å². The molecule has 0 radical (unpaired) electrons. The van der Waals surface area contributed by atoms with Crippen molar-refractivity contribution in [2.24, 2.45) is 5.92 Å². The average Bonchev–Trinajstić information content (AvgIpc) is 2.96. The summed E-state index contributed by atoms with van der Waals surface area (Å²) in [5, 5.41) is 0. The Labute approximate surface area is 124 Å². The number of aryl methyl sites for hydroxylation is 1. The predicted octanol–water partition coefficient (Wildman–Crippen LogP) is 2.10. The van der Waals surface area contributed by atoms with E-state index in [-0.39, 0.29) is 23.4 Å². The Morgan fingerprint density at radius 3 is 2.95 bits per heavy atom. The minimum Gasteiger partial charge on any atom is -0.332 e. The first-order chi connectivity index (χ1) is 10.1. The number of allylic oxidation sites excluding steroid dienone is 2. The molecule has 2 aliphatic rings. The molecule has 21 heavy (non-hydrogen) atoms. The fourth-order valence-electron chi connectivity index (χ4n) is 3.33. The van der Waals surface area contributed by atoms with Crippen LogP contribution >= 0.6 is 0 Å². The number of aromatic amines is 1. The van der Waals surface area contributed by atoms with Crippen LogP contribution in [-0.4, -0.2) is 27.3 Å². The zero-order valence-electron chi connectivity index (χ0n) is 12.3. The normalized spacial score (nSPS) is 25.3. The second-order valence-corrected chi connectivity index (χ2v) is 5.94. The first kappa shape index (κ1) is 14.0. The number of nitrogens with zero attached hydrogens (tertiary/aromatic N) is 2. The largest absolute Gasteiger partial charge is 0.332 e. The lowest BCUT2D eigenvalue weighted by molar-refractivity contribution is -0.136. The molecule has 1 aliphatic carbocycles. The minimum absolute atomic E-state index is 0.0731. The highest BCUT2D eigenvalue weighted by molar-refractivity contribution is 5.79. The molecule has 1 saturated heterocycles. The van der Waals surface area contributed by atoms with Gasteiger partial charge in [-0.25, -0.2) is 4.98 Å². The predicted molar refractivity (Wildman–Crippen MR) is 79.8 cm³/mol. The van der Waals surface area contributed by atoms with Crippen molar-refractivity contribution in [3.05, 3.63) is 40.1 Å². The van der Waals surface area contributed by atoms with E-state index >= 15 is 0 Å². The third-order valence-corrected chi connectivity index (χ3v) is 4.36. The number of carbonyl (C=O) groups excluding carboxylic acids is 1. The summed E-state index contributed by atoms with van der Waals surface area (Å²) < 4.78 is 0. The van der Waals surface area contributed by atoms with Crippen molar-refractivity contribution in [2.45, 2.75) is 45.1 Å². The lowest BCUT2D eigenvalue weighted by Gasteiger charge is -2.29. The number of hydrogen-bond donors (Lipinski definition) is 1. The van der Waals surface area contributed by atoms with Crippen molar-refractivity contribution in [3.63, 3.8) is 0 Å². The fourth-order valence-corrected chi connectivity index (χ4v) is 3.33. The lowest BCUT2D eigenvalue weighted by Crippen LogP contribution is -2.37. The third-order valence-electron chi connectivity index (χ3n) is 4.36. The van der Waals surface area contributed by atoms with E-state index in [0.29, 0.717) is 11.5 Å². The van der Waals surface area contributed by atoms with E-state index in [2.05, 4.69) is 22.1 Å². The molecule has 2 atom stereocenters. The third kappa shape index (κ3) is 2.91. The zero-order chi connectivity index (χ0) is 14.8. The first-order valence-corrected chi connectivity index (χ1v) is 7.68. The van der Waals surface area contributed by atoms with Crippen LogP contribution < -0.4 is 5.56 Å². The molecular weight excluding hydrogens is 266 g/mol. The smallest absolute Gasteiger partial charge is 0.251 e. The van der Waals surface area contributed by atoms with E-state index in [1.165, 1.54) is 6.07 Å². The molecule has 2 unspecified atom stereocenters. The summed E-state index contributed by atoms with van der Waals surface area (Å²) in [5.41, 5.74) is 0.561. The summed E-state index contributed by atoms with van der Waals surface area (Å²) in [7, 11) is 0. The molecule has 0 aromatic carbocycles. The number of nitrogens with one attached hydrogen (secondary N) is 1. The van der Waals surface area contributed by atoms with Crippen molar-refractivity contribution >= 4 is 5.91 Å². The molecule has 0 bridgehead atoms. The van der Waals surface area contributed by atoms with Gasteiger partial charge in [-0.3, -0.25) is 9.59 Å². The summed E-state index contributed by atoms with van der Waals surface area (Å²) in [6, 6.07) is 1.41. The maximum atomic E-state index is 12.7. The van der Waals surface area contributed by atoms with Crippen LogP contribution in [0.3, 0.4) is 0 Å². The van der Waals surface area contributed by atoms with Crippen molar-refractivity contribution in [1.82, 2.24) is 14.9 Å². The molecule has 3 rings (SSSR count). The van der Waals surface area contributed by atoms with Crippen LogP contribution in [0.2, 0.25) is 0 Å². The van der Waals surface area contributed by atoms with Crippen LogP contribution in [0.15, 0.2) is 23.0 Å². The van der Waals surface area contributed by atoms with Crippen LogP contribution in [0.25, 0.3) is 0 Å². The molecular formula is C16H21N3O2. The number of amides is 1. The number of likely N-dealkylation sites (tertiary alicyclic amines) is 1. The van der Waals surface area contributed by atoms with Gasteiger partial charge in [-0.2, -0.15) is 0 Å². The van der Waals surface area contributed by atoms with Gasteiger partial charge in [-0.1, -0.05) is 12.2 Å². The van der Waals surface area contributed by atoms with Gasteiger partial charge in [-0.15, -0.1) is 0 Å². The van der Waals surface area contributed by atoms with Gasteiger partial charge < -0.3 is 9.88 Å². The topological polar surface area (TPSA) is 66.1 Å². The van der Waals surface area contributed by atoms with E-state index in [1.54, 1.807) is 0 Å². The molecule has 1 aromatic rings. The highest BCUT2D eigenvalue weighted by Crippen LogP contribution is 2.33. The molecule has 0 saturated carbocycles. The second kappa shape index (κ2) is 5.84. The van der Waals surface area contributed by atoms with Crippen molar-refractivity contribution in [1.29, 1.82) is 0 Å². The van der Waals surface area contributed by atoms with Gasteiger partial charge in [-0.05, 0) is 39.0 Å². The van der Waals surface area contributed by atoms with Gasteiger partial charge in [0, 0.05) is 24.2 Å². The van der Waals surface area contributed by atoms with Gasteiger partial charge in [0.15, 0.2) is 0 Å². The standard InChI is InChI=1S/C16H21N3O2/c1-11-10-14(20)18-15(17-11)13-8-5-9-19(13)16(21)12-6-3-2-4-7-12/h2-3,10,12-13H,4-9H2,1H3,(H,17,18,20). The van der Waals surface area contributed by atoms with Gasteiger partial charge in [0.05, 0.1) is 6.04 Å². The van der Waals surface area contributed by atoms with E-state index < -0.39 is 0 Å². The van der Waals surface area contributed by atoms with Crippen LogP contribution in [0.1, 0.15) is 49.7 Å². The Morgan fingerprint density at radius 1 is 1.38 bits per heavy atom. The van der Waals surface area contributed by atoms with E-state index in [1.807, 2.05) is 11.8 Å². The number of carbonyl (C=O) groups is 1.